The number of nitrogens with zero attached hydrogens (tertiary/aromatic N) is 4. The van der Waals surface area contributed by atoms with Gasteiger partial charge >= 0.3 is 0 Å². The van der Waals surface area contributed by atoms with Gasteiger partial charge in [0.25, 0.3) is 5.56 Å². The molecule has 37 heavy (non-hydrogen) atoms. The molecule has 0 bridgehead atoms. The van der Waals surface area contributed by atoms with Crippen molar-refractivity contribution in [1.29, 1.82) is 0 Å². The molecule has 0 unspecified atom stereocenters. The van der Waals surface area contributed by atoms with Gasteiger partial charge in [0.2, 0.25) is 5.95 Å². The molecule has 0 spiro atoms. The molecule has 0 saturated carbocycles. The molecule has 7 nitrogen and oxygen atoms in total. The molecule has 192 valence electrons. The van der Waals surface area contributed by atoms with Crippen LogP contribution in [0, 0.1) is 33.6 Å². The zero-order valence-corrected chi connectivity index (χ0v) is 23.1. The van der Waals surface area contributed by atoms with Crippen molar-refractivity contribution >= 4 is 15.9 Å². The van der Waals surface area contributed by atoms with Crippen LogP contribution in [0.2, 0.25) is 0 Å². The first-order valence-electron chi connectivity index (χ1n) is 11.7. The second-order valence-corrected chi connectivity index (χ2v) is 10.4. The van der Waals surface area contributed by atoms with Crippen LogP contribution in [0.1, 0.15) is 47.6 Å². The second kappa shape index (κ2) is 10.1. The Morgan fingerprint density at radius 3 is 2.46 bits per heavy atom. The van der Waals surface area contributed by atoms with Gasteiger partial charge in [0.05, 0.1) is 28.5 Å². The van der Waals surface area contributed by atoms with Crippen molar-refractivity contribution in [2.24, 2.45) is 0 Å². The Labute approximate surface area is 223 Å². The molecule has 0 aliphatic carbocycles. The molecule has 4 rings (SSSR count). The highest BCUT2D eigenvalue weighted by atomic mass is 79.9. The number of aromatic nitrogens is 4. The summed E-state index contributed by atoms with van der Waals surface area (Å²) in [4.78, 5) is 26.5. The van der Waals surface area contributed by atoms with E-state index in [-0.39, 0.29) is 16.6 Å². The normalized spacial score (nSPS) is 11.6. The predicted molar refractivity (Wildman–Crippen MR) is 143 cm³/mol. The highest BCUT2D eigenvalue weighted by molar-refractivity contribution is 9.10. The van der Waals surface area contributed by atoms with E-state index in [1.807, 2.05) is 32.9 Å². The molecule has 0 aliphatic rings. The summed E-state index contributed by atoms with van der Waals surface area (Å²) in [7, 11) is 0. The first kappa shape index (κ1) is 26.6. The number of halogens is 2. The number of aryl methyl sites for hydroxylation is 4. The first-order valence-corrected chi connectivity index (χ1v) is 12.5. The van der Waals surface area contributed by atoms with Crippen LogP contribution in [-0.4, -0.2) is 24.6 Å². The highest BCUT2D eigenvalue weighted by Gasteiger charge is 2.21. The third-order valence-corrected chi connectivity index (χ3v) is 6.68. The molecule has 0 amide bonds. The van der Waals surface area contributed by atoms with Crippen LogP contribution in [0.25, 0.3) is 17.1 Å². The van der Waals surface area contributed by atoms with Crippen molar-refractivity contribution in [2.45, 2.75) is 53.8 Å². The third kappa shape index (κ3) is 5.62. The topological polar surface area (TPSA) is 90.1 Å². The van der Waals surface area contributed by atoms with Crippen molar-refractivity contribution in [3.8, 4) is 22.8 Å². The van der Waals surface area contributed by atoms with Gasteiger partial charge in [0.15, 0.2) is 0 Å². The van der Waals surface area contributed by atoms with E-state index in [2.05, 4.69) is 30.9 Å². The zero-order valence-electron chi connectivity index (χ0n) is 21.6. The van der Waals surface area contributed by atoms with E-state index in [4.69, 9.17) is 4.74 Å². The number of pyridine rings is 4. The Morgan fingerprint density at radius 1 is 1.05 bits per heavy atom. The van der Waals surface area contributed by atoms with Crippen molar-refractivity contribution in [2.75, 3.05) is 0 Å². The maximum Gasteiger partial charge on any atom is 0.273 e. The molecule has 4 aromatic heterocycles. The zero-order chi connectivity index (χ0) is 27.1. The van der Waals surface area contributed by atoms with E-state index in [0.29, 0.717) is 39.9 Å². The summed E-state index contributed by atoms with van der Waals surface area (Å²) in [5, 5.41) is 10.4. The monoisotopic (exact) mass is 566 g/mol. The lowest BCUT2D eigenvalue weighted by Gasteiger charge is -2.19. The van der Waals surface area contributed by atoms with E-state index in [0.717, 1.165) is 16.7 Å². The van der Waals surface area contributed by atoms with Gasteiger partial charge in [-0.2, -0.15) is 4.39 Å². The Hall–Kier alpha value is -3.43. The minimum absolute atomic E-state index is 0.0149. The minimum atomic E-state index is -1.11. The number of aliphatic hydroxyl groups is 1. The van der Waals surface area contributed by atoms with Gasteiger partial charge in [-0.25, -0.2) is 9.97 Å². The van der Waals surface area contributed by atoms with E-state index < -0.39 is 11.5 Å². The number of hydrogen-bond donors (Lipinski definition) is 1. The SMILES string of the molecule is Cc1cc(F)nc(COc2cc(C)n(-c3cc(-c4nc(C(C)(C)O)ccc4C)ncc3C)c(=O)c2Br)c1. The molecule has 0 saturated heterocycles. The largest absolute Gasteiger partial charge is 0.486 e. The third-order valence-electron chi connectivity index (χ3n) is 5.95. The molecule has 0 radical (unpaired) electrons. The number of hydrogen-bond acceptors (Lipinski definition) is 6. The quantitative estimate of drug-likeness (QED) is 0.304. The fraction of sp³-hybridized carbons (Fsp3) is 0.286. The van der Waals surface area contributed by atoms with Crippen LogP contribution in [0.4, 0.5) is 4.39 Å². The van der Waals surface area contributed by atoms with Crippen LogP contribution < -0.4 is 10.3 Å². The van der Waals surface area contributed by atoms with Gasteiger partial charge < -0.3 is 9.84 Å². The molecule has 4 aromatic rings. The van der Waals surface area contributed by atoms with Gasteiger partial charge in [0.1, 0.15) is 22.4 Å². The fourth-order valence-corrected chi connectivity index (χ4v) is 4.42. The lowest BCUT2D eigenvalue weighted by atomic mass is 10.0. The van der Waals surface area contributed by atoms with Gasteiger partial charge in [-0.3, -0.25) is 14.3 Å². The Morgan fingerprint density at radius 2 is 1.78 bits per heavy atom. The summed E-state index contributed by atoms with van der Waals surface area (Å²) >= 11 is 3.39. The molecule has 0 atom stereocenters. The standard InChI is InChI=1S/C28H28BrFN4O3/c1-15-9-19(32-24(30)10-15)14-37-22-11-18(4)34(27(35)25(22)29)21-12-20(31-13-17(21)3)26-16(2)7-8-23(33-26)28(5,6)36/h7-13,36H,14H2,1-6H3. The molecule has 0 fully saturated rings. The van der Waals surface area contributed by atoms with Gasteiger partial charge in [0, 0.05) is 18.0 Å². The maximum atomic E-state index is 13.6. The highest BCUT2D eigenvalue weighted by Crippen LogP contribution is 2.29. The van der Waals surface area contributed by atoms with Gasteiger partial charge in [-0.05, 0) is 98.4 Å². The van der Waals surface area contributed by atoms with Crippen molar-refractivity contribution < 1.29 is 14.2 Å². The molecular formula is C28H28BrFN4O3. The van der Waals surface area contributed by atoms with E-state index >= 15 is 0 Å². The smallest absolute Gasteiger partial charge is 0.273 e. The average Bonchev–Trinajstić information content (AvgIpc) is 2.81. The summed E-state index contributed by atoms with van der Waals surface area (Å²) in [6.45, 7) is 10.8. The van der Waals surface area contributed by atoms with Gasteiger partial charge in [-0.15, -0.1) is 0 Å². The molecule has 4 heterocycles. The fourth-order valence-electron chi connectivity index (χ4n) is 4.02. The van der Waals surface area contributed by atoms with Crippen LogP contribution >= 0.6 is 15.9 Å². The molecular weight excluding hydrogens is 539 g/mol. The number of ether oxygens (including phenoxy) is 1. The van der Waals surface area contributed by atoms with E-state index in [1.54, 1.807) is 49.7 Å². The molecule has 0 aliphatic heterocycles. The van der Waals surface area contributed by atoms with Crippen LogP contribution in [0.3, 0.4) is 0 Å². The van der Waals surface area contributed by atoms with E-state index in [1.165, 1.54) is 6.07 Å². The number of rotatable bonds is 6. The Bertz CT molecular complexity index is 1540. The summed E-state index contributed by atoms with van der Waals surface area (Å²) < 4.78 is 21.3. The van der Waals surface area contributed by atoms with Crippen molar-refractivity contribution in [1.82, 2.24) is 19.5 Å². The maximum absolute atomic E-state index is 13.6. The van der Waals surface area contributed by atoms with Gasteiger partial charge in [-0.1, -0.05) is 6.07 Å². The first-order chi connectivity index (χ1) is 17.3. The van der Waals surface area contributed by atoms with Crippen LogP contribution in [0.15, 0.2) is 51.9 Å². The summed E-state index contributed by atoms with van der Waals surface area (Å²) in [5.74, 6) is -0.240. The average molecular weight is 567 g/mol. The predicted octanol–water partition coefficient (Wildman–Crippen LogP) is 5.63. The lowest BCUT2D eigenvalue weighted by molar-refractivity contribution is 0.0739. The van der Waals surface area contributed by atoms with Crippen LogP contribution in [-0.2, 0) is 12.2 Å². The lowest BCUT2D eigenvalue weighted by Crippen LogP contribution is -2.23. The van der Waals surface area contributed by atoms with Crippen molar-refractivity contribution in [3.63, 3.8) is 0 Å². The molecule has 9 heteroatoms. The Balaban J connectivity index is 1.75. The van der Waals surface area contributed by atoms with Crippen LogP contribution in [0.5, 0.6) is 5.75 Å². The minimum Gasteiger partial charge on any atom is -0.486 e. The summed E-state index contributed by atoms with van der Waals surface area (Å²) in [6, 6.07) is 10.3. The molecule has 0 aromatic carbocycles. The summed E-state index contributed by atoms with van der Waals surface area (Å²) in [5.41, 5.74) is 4.46. The van der Waals surface area contributed by atoms with Crippen molar-refractivity contribution in [3.05, 3.63) is 97.1 Å². The summed E-state index contributed by atoms with van der Waals surface area (Å²) in [6.07, 6.45) is 1.70. The molecule has 1 N–H and O–H groups in total. The second-order valence-electron chi connectivity index (χ2n) is 9.63. The Kier molecular flexibility index (Phi) is 7.30. The van der Waals surface area contributed by atoms with E-state index in [9.17, 15) is 14.3 Å².